The molecule has 0 N–H and O–H groups in total. The van der Waals surface area contributed by atoms with E-state index in [9.17, 15) is 0 Å². The molecular weight excluding hydrogens is 378 g/mol. The summed E-state index contributed by atoms with van der Waals surface area (Å²) in [4.78, 5) is 0. The van der Waals surface area contributed by atoms with Crippen LogP contribution in [0.25, 0.3) is 0 Å². The van der Waals surface area contributed by atoms with Gasteiger partial charge < -0.3 is 0 Å². The molecular formula is C24H27N3Ti+. The van der Waals surface area contributed by atoms with E-state index in [2.05, 4.69) is 125 Å². The molecule has 0 spiro atoms. The van der Waals surface area contributed by atoms with Gasteiger partial charge in [-0.2, -0.15) is 10.0 Å². The first-order chi connectivity index (χ1) is 13.5. The molecule has 0 atom stereocenters. The Hall–Kier alpha value is -2.07. The van der Waals surface area contributed by atoms with Gasteiger partial charge in [0.2, 0.25) is 0 Å². The summed E-state index contributed by atoms with van der Waals surface area (Å²) in [6.45, 7) is 9.83. The number of para-hydroxylation sites is 2. The van der Waals surface area contributed by atoms with Crippen LogP contribution in [0.3, 0.4) is 0 Å². The van der Waals surface area contributed by atoms with E-state index in [1.54, 1.807) is 0 Å². The number of rotatable bonds is 2. The summed E-state index contributed by atoms with van der Waals surface area (Å²) >= 11 is 2.14. The first-order valence-corrected chi connectivity index (χ1v) is 10.6. The monoisotopic (exact) mass is 405 g/mol. The van der Waals surface area contributed by atoms with Crippen molar-refractivity contribution in [1.29, 1.82) is 0 Å². The summed E-state index contributed by atoms with van der Waals surface area (Å²) in [6, 6.07) is 13.2. The summed E-state index contributed by atoms with van der Waals surface area (Å²) in [7, 11) is 0. The molecule has 141 valence electrons. The average Bonchev–Trinajstić information content (AvgIpc) is 3.38. The summed E-state index contributed by atoms with van der Waals surface area (Å²) in [5.41, 5.74) is 8.08. The summed E-state index contributed by atoms with van der Waals surface area (Å²) in [5.74, 6) is 0. The van der Waals surface area contributed by atoms with Gasteiger partial charge in [-0.1, -0.05) is 41.1 Å². The molecule has 0 unspecified atom stereocenters. The van der Waals surface area contributed by atoms with Crippen LogP contribution >= 0.6 is 0 Å². The van der Waals surface area contributed by atoms with Gasteiger partial charge in [-0.25, -0.2) is 0 Å². The Morgan fingerprint density at radius 2 is 1.25 bits per heavy atom. The number of nitrogens with zero attached hydrogens (tertiary/aromatic N) is 3. The fraction of sp³-hybridized carbons (Fsp3) is 0.250. The van der Waals surface area contributed by atoms with Gasteiger partial charge in [0.05, 0.1) is 12.4 Å². The van der Waals surface area contributed by atoms with Crippen molar-refractivity contribution in [3.63, 3.8) is 0 Å². The molecule has 0 amide bonds. The van der Waals surface area contributed by atoms with Gasteiger partial charge in [0.25, 0.3) is 0 Å². The van der Waals surface area contributed by atoms with Crippen molar-refractivity contribution in [1.82, 2.24) is 14.7 Å². The molecule has 1 aliphatic carbocycles. The number of allylic oxidation sites excluding steroid dienone is 4. The third-order valence-corrected chi connectivity index (χ3v) is 6.30. The zero-order valence-corrected chi connectivity index (χ0v) is 18.7. The van der Waals surface area contributed by atoms with Crippen molar-refractivity contribution in [3.05, 3.63) is 93.2 Å². The predicted molar refractivity (Wildman–Crippen MR) is 113 cm³/mol. The predicted octanol–water partition coefficient (Wildman–Crippen LogP) is 5.83. The van der Waals surface area contributed by atoms with Crippen LogP contribution in [0.15, 0.2) is 70.9 Å². The molecule has 0 radical (unpaired) electrons. The van der Waals surface area contributed by atoms with Crippen molar-refractivity contribution >= 4 is 11.4 Å². The van der Waals surface area contributed by atoms with Crippen LogP contribution in [0.5, 0.6) is 0 Å². The first-order valence-electron chi connectivity index (χ1n) is 9.78. The SMILES string of the molecule is Cc1cccc(C)c1[N+]1(c2c(C)cccc2C)N2C=CN1C2.[Ti][C]1=CC=CC1. The molecule has 2 aromatic carbocycles. The van der Waals surface area contributed by atoms with Gasteiger partial charge in [-0.15, -0.1) is 0 Å². The molecule has 3 nitrogen and oxygen atoms in total. The number of aryl methyl sites for hydroxylation is 4. The van der Waals surface area contributed by atoms with Gasteiger partial charge in [-0.05, 0) is 27.7 Å². The van der Waals surface area contributed by atoms with E-state index in [4.69, 9.17) is 0 Å². The van der Waals surface area contributed by atoms with Gasteiger partial charge in [-0.3, -0.25) is 0 Å². The molecule has 4 heteroatoms. The molecule has 0 aromatic heterocycles. The molecule has 28 heavy (non-hydrogen) atoms. The van der Waals surface area contributed by atoms with E-state index >= 15 is 0 Å². The zero-order chi connectivity index (χ0) is 19.9. The molecule has 6 rings (SSSR count). The Balaban J connectivity index is 0.000000275. The van der Waals surface area contributed by atoms with E-state index in [-0.39, 0.29) is 0 Å². The van der Waals surface area contributed by atoms with Crippen LogP contribution in [-0.2, 0) is 20.4 Å². The first kappa shape index (κ1) is 19.3. The van der Waals surface area contributed by atoms with Crippen molar-refractivity contribution in [2.45, 2.75) is 34.1 Å². The normalized spacial score (nSPS) is 17.9. The second kappa shape index (κ2) is 7.40. The van der Waals surface area contributed by atoms with E-state index in [0.717, 1.165) is 6.67 Å². The standard InChI is InChI=1S/C19H22N3.C5H5.Ti/c1-14-7-5-8-15(2)18(14)22(20-11-12-21(22)13-20)19-16(3)9-6-10-17(19)4;1-2-4-5-3-1;/h5-12H,13H2,1-4H3;1-3H,4H2;/q+1;;. The van der Waals surface area contributed by atoms with E-state index in [0.29, 0.717) is 4.70 Å². The quantitative estimate of drug-likeness (QED) is 0.459. The summed E-state index contributed by atoms with van der Waals surface area (Å²) in [6.07, 6.45) is 12.0. The molecule has 2 aromatic rings. The second-order valence-electron chi connectivity index (χ2n) is 7.72. The van der Waals surface area contributed by atoms with E-state index < -0.39 is 0 Å². The fourth-order valence-electron chi connectivity index (χ4n) is 4.52. The van der Waals surface area contributed by atoms with Gasteiger partial charge in [0.15, 0.2) is 18.0 Å². The Bertz CT molecular complexity index is 897. The Kier molecular flexibility index (Phi) is 5.09. The van der Waals surface area contributed by atoms with Gasteiger partial charge in [0.1, 0.15) is 0 Å². The van der Waals surface area contributed by atoms with E-state index in [1.165, 1.54) is 43.9 Å². The molecule has 1 saturated heterocycles. The number of hydrogen-bond donors (Lipinski definition) is 0. The maximum atomic E-state index is 2.41. The maximum absolute atomic E-state index is 2.41. The minimum atomic E-state index is 0.691. The molecule has 0 saturated carbocycles. The van der Waals surface area contributed by atoms with Gasteiger partial charge in [0, 0.05) is 22.3 Å². The Morgan fingerprint density at radius 3 is 1.54 bits per heavy atom. The van der Waals surface area contributed by atoms with Crippen molar-refractivity contribution in [2.75, 3.05) is 6.67 Å². The van der Waals surface area contributed by atoms with Crippen LogP contribution in [-0.4, -0.2) is 16.7 Å². The number of quaternary nitrogens is 1. The van der Waals surface area contributed by atoms with E-state index in [1.807, 2.05) is 0 Å². The zero-order valence-electron chi connectivity index (χ0n) is 17.1. The van der Waals surface area contributed by atoms with Crippen molar-refractivity contribution < 1.29 is 20.4 Å². The average molecular weight is 405 g/mol. The number of hydrogen-bond acceptors (Lipinski definition) is 2. The third kappa shape index (κ3) is 2.90. The van der Waals surface area contributed by atoms with Crippen LogP contribution in [0.1, 0.15) is 28.7 Å². The molecule has 4 aliphatic rings. The van der Waals surface area contributed by atoms with Crippen molar-refractivity contribution in [3.8, 4) is 0 Å². The Labute approximate surface area is 180 Å². The van der Waals surface area contributed by atoms with Gasteiger partial charge >= 0.3 is 49.0 Å². The van der Waals surface area contributed by atoms with Crippen molar-refractivity contribution in [2.24, 2.45) is 0 Å². The van der Waals surface area contributed by atoms with Crippen LogP contribution < -0.4 is 4.70 Å². The molecule has 2 bridgehead atoms. The molecule has 3 aliphatic heterocycles. The second-order valence-corrected chi connectivity index (χ2v) is 8.73. The van der Waals surface area contributed by atoms with Crippen LogP contribution in [0.2, 0.25) is 0 Å². The minimum absolute atomic E-state index is 0.691. The topological polar surface area (TPSA) is 6.48 Å². The number of benzene rings is 2. The summed E-state index contributed by atoms with van der Waals surface area (Å²) < 4.78 is 2.16. The van der Waals surface area contributed by atoms with Crippen LogP contribution in [0, 0.1) is 27.7 Å². The summed E-state index contributed by atoms with van der Waals surface area (Å²) in [5, 5.41) is 4.81. The molecule has 3 heterocycles. The van der Waals surface area contributed by atoms with Crippen LogP contribution in [0.4, 0.5) is 11.4 Å². The third-order valence-electron chi connectivity index (χ3n) is 5.72. The fourth-order valence-corrected chi connectivity index (χ4v) is 4.86. The Morgan fingerprint density at radius 1 is 0.786 bits per heavy atom. The molecule has 1 fully saturated rings.